The Kier molecular flexibility index (Phi) is 5.25. The van der Waals surface area contributed by atoms with Crippen molar-refractivity contribution in [3.63, 3.8) is 0 Å². The summed E-state index contributed by atoms with van der Waals surface area (Å²) in [6, 6.07) is 6.49. The summed E-state index contributed by atoms with van der Waals surface area (Å²) in [5, 5.41) is 6.90. The second-order valence-electron chi connectivity index (χ2n) is 6.32. The first-order valence-corrected chi connectivity index (χ1v) is 8.78. The second kappa shape index (κ2) is 7.59. The van der Waals surface area contributed by atoms with Gasteiger partial charge in [-0.15, -0.1) is 0 Å². The van der Waals surface area contributed by atoms with E-state index in [0.717, 1.165) is 29.9 Å². The molecule has 1 aliphatic heterocycles. The van der Waals surface area contributed by atoms with Crippen LogP contribution in [0.2, 0.25) is 0 Å². The van der Waals surface area contributed by atoms with E-state index in [4.69, 9.17) is 9.26 Å². The van der Waals surface area contributed by atoms with E-state index in [0.29, 0.717) is 24.4 Å². The van der Waals surface area contributed by atoms with E-state index >= 15 is 0 Å². The number of esters is 1. The average Bonchev–Trinajstić information content (AvgIpc) is 3.22. The molecule has 2 heterocycles. The number of nitrogens with one attached hydrogen (secondary N) is 1. The monoisotopic (exact) mass is 357 g/mol. The predicted molar refractivity (Wildman–Crippen MR) is 96.1 cm³/mol. The van der Waals surface area contributed by atoms with Crippen LogP contribution in [0.3, 0.4) is 0 Å². The van der Waals surface area contributed by atoms with Crippen molar-refractivity contribution in [2.75, 3.05) is 18.5 Å². The molecule has 1 aliphatic rings. The van der Waals surface area contributed by atoms with Gasteiger partial charge >= 0.3 is 12.0 Å². The Morgan fingerprint density at radius 1 is 1.31 bits per heavy atom. The summed E-state index contributed by atoms with van der Waals surface area (Å²) in [4.78, 5) is 26.2. The third-order valence-electron chi connectivity index (χ3n) is 4.58. The molecule has 1 saturated heterocycles. The first-order valence-electron chi connectivity index (χ1n) is 8.78. The van der Waals surface area contributed by atoms with Crippen LogP contribution in [0.5, 0.6) is 0 Å². The third kappa shape index (κ3) is 3.56. The molecule has 7 nitrogen and oxygen atoms in total. The zero-order valence-electron chi connectivity index (χ0n) is 15.2. The number of carbonyl (C=O) groups excluding carboxylic acids is 2. The van der Waals surface area contributed by atoms with E-state index in [1.165, 1.54) is 0 Å². The molecule has 0 unspecified atom stereocenters. The Balaban J connectivity index is 1.70. The van der Waals surface area contributed by atoms with E-state index in [2.05, 4.69) is 10.5 Å². The lowest BCUT2D eigenvalue weighted by Crippen LogP contribution is -2.34. The molecule has 2 amide bonds. The molecule has 1 fully saturated rings. The van der Waals surface area contributed by atoms with E-state index in [1.54, 1.807) is 31.2 Å². The third-order valence-corrected chi connectivity index (χ3v) is 4.58. The molecule has 7 heteroatoms. The van der Waals surface area contributed by atoms with Crippen LogP contribution in [-0.2, 0) is 4.74 Å². The zero-order valence-corrected chi connectivity index (χ0v) is 15.2. The summed E-state index contributed by atoms with van der Waals surface area (Å²) >= 11 is 0. The highest BCUT2D eigenvalue weighted by molar-refractivity contribution is 5.92. The van der Waals surface area contributed by atoms with Gasteiger partial charge in [0.2, 0.25) is 0 Å². The molecule has 0 aliphatic carbocycles. The number of carbonyl (C=O) groups is 2. The van der Waals surface area contributed by atoms with Crippen molar-refractivity contribution in [1.29, 1.82) is 0 Å². The quantitative estimate of drug-likeness (QED) is 0.841. The molecular weight excluding hydrogens is 334 g/mol. The fourth-order valence-electron chi connectivity index (χ4n) is 3.38. The number of hydrogen-bond donors (Lipinski definition) is 1. The summed E-state index contributed by atoms with van der Waals surface area (Å²) < 4.78 is 10.2. The molecular formula is C19H23N3O4. The van der Waals surface area contributed by atoms with E-state index in [9.17, 15) is 9.59 Å². The number of benzene rings is 1. The summed E-state index contributed by atoms with van der Waals surface area (Å²) in [5.41, 5.74) is 2.91. The average molecular weight is 357 g/mol. The number of rotatable bonds is 4. The number of anilines is 1. The Hall–Kier alpha value is -2.83. The van der Waals surface area contributed by atoms with Crippen molar-refractivity contribution in [2.24, 2.45) is 0 Å². The van der Waals surface area contributed by atoms with Gasteiger partial charge in [-0.3, -0.25) is 0 Å². The molecule has 26 heavy (non-hydrogen) atoms. The molecule has 1 atom stereocenters. The maximum Gasteiger partial charge on any atom is 0.338 e. The molecule has 0 bridgehead atoms. The van der Waals surface area contributed by atoms with Gasteiger partial charge in [-0.25, -0.2) is 9.59 Å². The van der Waals surface area contributed by atoms with Gasteiger partial charge in [0, 0.05) is 17.8 Å². The molecule has 1 aromatic heterocycles. The van der Waals surface area contributed by atoms with Gasteiger partial charge < -0.3 is 19.5 Å². The zero-order chi connectivity index (χ0) is 18.7. The van der Waals surface area contributed by atoms with Crippen LogP contribution in [0.1, 0.15) is 53.2 Å². The Bertz CT molecular complexity index is 778. The van der Waals surface area contributed by atoms with Crippen molar-refractivity contribution < 1.29 is 18.8 Å². The van der Waals surface area contributed by atoms with Crippen LogP contribution in [0, 0.1) is 13.8 Å². The maximum atomic E-state index is 12.7. The largest absolute Gasteiger partial charge is 0.462 e. The smallest absolute Gasteiger partial charge is 0.338 e. The molecule has 1 aromatic carbocycles. The number of ether oxygens (including phenoxy) is 1. The summed E-state index contributed by atoms with van der Waals surface area (Å²) in [6.45, 7) is 6.54. The molecule has 1 N–H and O–H groups in total. The van der Waals surface area contributed by atoms with Crippen LogP contribution in [0.15, 0.2) is 28.8 Å². The van der Waals surface area contributed by atoms with E-state index in [-0.39, 0.29) is 18.0 Å². The Labute approximate surface area is 152 Å². The topological polar surface area (TPSA) is 84.7 Å². The van der Waals surface area contributed by atoms with Crippen molar-refractivity contribution in [1.82, 2.24) is 10.1 Å². The standard InChI is InChI=1S/C19H23N3O4/c1-4-25-18(23)14-7-9-15(10-8-14)20-19(24)22-11-5-6-16(22)17-12(2)21-26-13(17)3/h7-10,16H,4-6,11H2,1-3H3,(H,20,24)/t16-/m0/s1. The van der Waals surface area contributed by atoms with Crippen LogP contribution in [-0.4, -0.2) is 35.2 Å². The SMILES string of the molecule is CCOC(=O)c1ccc(NC(=O)N2CCC[C@H]2c2c(C)noc2C)cc1. The fourth-order valence-corrected chi connectivity index (χ4v) is 3.38. The number of nitrogens with zero attached hydrogens (tertiary/aromatic N) is 2. The molecule has 138 valence electrons. The molecule has 0 spiro atoms. The first kappa shape index (κ1) is 18.0. The number of amides is 2. The van der Waals surface area contributed by atoms with Gasteiger partial charge in [0.1, 0.15) is 5.76 Å². The van der Waals surface area contributed by atoms with Crippen LogP contribution >= 0.6 is 0 Å². The Morgan fingerprint density at radius 3 is 2.65 bits per heavy atom. The van der Waals surface area contributed by atoms with Crippen molar-refractivity contribution in [2.45, 2.75) is 39.7 Å². The molecule has 2 aromatic rings. The minimum atomic E-state index is -0.372. The lowest BCUT2D eigenvalue weighted by Gasteiger charge is -2.25. The van der Waals surface area contributed by atoms with Crippen LogP contribution in [0.4, 0.5) is 10.5 Å². The molecule has 0 saturated carbocycles. The van der Waals surface area contributed by atoms with Crippen molar-refractivity contribution >= 4 is 17.7 Å². The van der Waals surface area contributed by atoms with Gasteiger partial charge in [0.05, 0.1) is 23.9 Å². The van der Waals surface area contributed by atoms with Crippen molar-refractivity contribution in [3.05, 3.63) is 46.8 Å². The summed E-state index contributed by atoms with van der Waals surface area (Å²) in [5.74, 6) is 0.384. The van der Waals surface area contributed by atoms with Crippen molar-refractivity contribution in [3.8, 4) is 0 Å². The maximum absolute atomic E-state index is 12.7. The second-order valence-corrected chi connectivity index (χ2v) is 6.32. The van der Waals surface area contributed by atoms with Crippen LogP contribution in [0.25, 0.3) is 0 Å². The van der Waals surface area contributed by atoms with E-state index < -0.39 is 0 Å². The normalized spacial score (nSPS) is 16.6. The first-order chi connectivity index (χ1) is 12.5. The van der Waals surface area contributed by atoms with Gasteiger partial charge in [-0.2, -0.15) is 0 Å². The number of aryl methyl sites for hydroxylation is 2. The van der Waals surface area contributed by atoms with Gasteiger partial charge in [0.25, 0.3) is 0 Å². The minimum Gasteiger partial charge on any atom is -0.462 e. The number of aromatic nitrogens is 1. The van der Waals surface area contributed by atoms with Gasteiger partial charge in [0.15, 0.2) is 0 Å². The van der Waals surface area contributed by atoms with E-state index in [1.807, 2.05) is 18.7 Å². The molecule has 0 radical (unpaired) electrons. The summed E-state index contributed by atoms with van der Waals surface area (Å²) in [6.07, 6.45) is 1.82. The lowest BCUT2D eigenvalue weighted by molar-refractivity contribution is 0.0526. The Morgan fingerprint density at radius 2 is 2.04 bits per heavy atom. The minimum absolute atomic E-state index is 0.0277. The van der Waals surface area contributed by atoms with Gasteiger partial charge in [-0.05, 0) is 57.9 Å². The van der Waals surface area contributed by atoms with Crippen LogP contribution < -0.4 is 5.32 Å². The summed E-state index contributed by atoms with van der Waals surface area (Å²) in [7, 11) is 0. The number of likely N-dealkylation sites (tertiary alicyclic amines) is 1. The highest BCUT2D eigenvalue weighted by atomic mass is 16.5. The molecule has 3 rings (SSSR count). The fraction of sp³-hybridized carbons (Fsp3) is 0.421. The highest BCUT2D eigenvalue weighted by Gasteiger charge is 2.33. The highest BCUT2D eigenvalue weighted by Crippen LogP contribution is 2.35. The van der Waals surface area contributed by atoms with Gasteiger partial charge in [-0.1, -0.05) is 5.16 Å². The number of urea groups is 1. The predicted octanol–water partition coefficient (Wildman–Crippen LogP) is 3.84. The number of hydrogen-bond acceptors (Lipinski definition) is 5. The lowest BCUT2D eigenvalue weighted by atomic mass is 10.0.